The second kappa shape index (κ2) is 7.75. The SMILES string of the molecule is CCn1c(=O)n(CCCCN(C)c2nc3ccccc3o2)c(=O)c2[nH]c(Cl)nc21. The zero-order valence-corrected chi connectivity index (χ0v) is 16.9. The van der Waals surface area contributed by atoms with Crippen LogP contribution in [0.2, 0.25) is 5.28 Å². The number of anilines is 1. The van der Waals surface area contributed by atoms with Crippen LogP contribution in [-0.2, 0) is 13.1 Å². The highest BCUT2D eigenvalue weighted by Crippen LogP contribution is 2.20. The number of imidazole rings is 1. The number of aryl methyl sites for hydroxylation is 1. The van der Waals surface area contributed by atoms with Gasteiger partial charge in [0, 0.05) is 26.7 Å². The first kappa shape index (κ1) is 19.3. The van der Waals surface area contributed by atoms with Crippen molar-refractivity contribution in [2.24, 2.45) is 0 Å². The second-order valence-corrected chi connectivity index (χ2v) is 7.16. The molecular formula is C19H21ClN6O3. The zero-order valence-electron chi connectivity index (χ0n) is 16.2. The van der Waals surface area contributed by atoms with Crippen molar-refractivity contribution in [3.8, 4) is 0 Å². The summed E-state index contributed by atoms with van der Waals surface area (Å²) in [4.78, 5) is 38.5. The molecule has 9 nitrogen and oxygen atoms in total. The lowest BCUT2D eigenvalue weighted by atomic mass is 10.3. The Morgan fingerprint density at radius 2 is 1.97 bits per heavy atom. The Balaban J connectivity index is 1.46. The molecule has 10 heteroatoms. The van der Waals surface area contributed by atoms with Gasteiger partial charge in [-0.2, -0.15) is 9.97 Å². The predicted molar refractivity (Wildman–Crippen MR) is 112 cm³/mol. The fourth-order valence-electron chi connectivity index (χ4n) is 3.36. The molecule has 0 saturated heterocycles. The average molecular weight is 417 g/mol. The van der Waals surface area contributed by atoms with Crippen molar-refractivity contribution in [2.45, 2.75) is 32.9 Å². The van der Waals surface area contributed by atoms with Gasteiger partial charge in [-0.05, 0) is 43.5 Å². The highest BCUT2D eigenvalue weighted by Gasteiger charge is 2.16. The maximum Gasteiger partial charge on any atom is 0.332 e. The molecule has 3 heterocycles. The number of aromatic nitrogens is 5. The van der Waals surface area contributed by atoms with Crippen molar-refractivity contribution in [3.05, 3.63) is 50.4 Å². The largest absolute Gasteiger partial charge is 0.423 e. The molecule has 0 unspecified atom stereocenters. The van der Waals surface area contributed by atoms with E-state index in [4.69, 9.17) is 16.0 Å². The Labute approximate surface area is 170 Å². The van der Waals surface area contributed by atoms with Gasteiger partial charge in [0.2, 0.25) is 5.28 Å². The molecule has 0 saturated carbocycles. The van der Waals surface area contributed by atoms with Gasteiger partial charge in [0.25, 0.3) is 11.6 Å². The lowest BCUT2D eigenvalue weighted by Gasteiger charge is -2.14. The van der Waals surface area contributed by atoms with Gasteiger partial charge in [0.1, 0.15) is 5.52 Å². The lowest BCUT2D eigenvalue weighted by molar-refractivity contribution is 0.530. The topological polar surface area (TPSA) is 102 Å². The van der Waals surface area contributed by atoms with Crippen LogP contribution in [0.25, 0.3) is 22.3 Å². The first-order chi connectivity index (χ1) is 14.0. The predicted octanol–water partition coefficient (Wildman–Crippen LogP) is 2.62. The van der Waals surface area contributed by atoms with E-state index in [9.17, 15) is 9.59 Å². The van der Waals surface area contributed by atoms with E-state index < -0.39 is 5.56 Å². The monoisotopic (exact) mass is 416 g/mol. The second-order valence-electron chi connectivity index (χ2n) is 6.80. The first-order valence-electron chi connectivity index (χ1n) is 9.45. The highest BCUT2D eigenvalue weighted by atomic mass is 35.5. The molecule has 3 aromatic heterocycles. The van der Waals surface area contributed by atoms with Gasteiger partial charge in [-0.1, -0.05) is 12.1 Å². The number of nitrogens with one attached hydrogen (secondary N) is 1. The molecule has 1 aromatic carbocycles. The first-order valence-corrected chi connectivity index (χ1v) is 9.83. The Morgan fingerprint density at radius 1 is 1.17 bits per heavy atom. The summed E-state index contributed by atoms with van der Waals surface area (Å²) >= 11 is 5.89. The highest BCUT2D eigenvalue weighted by molar-refractivity contribution is 6.28. The van der Waals surface area contributed by atoms with Crippen LogP contribution in [0.3, 0.4) is 0 Å². The van der Waals surface area contributed by atoms with Crippen molar-refractivity contribution >= 4 is 39.9 Å². The van der Waals surface area contributed by atoms with Crippen molar-refractivity contribution in [1.29, 1.82) is 0 Å². The third-order valence-corrected chi connectivity index (χ3v) is 5.06. The van der Waals surface area contributed by atoms with Gasteiger partial charge in [-0.15, -0.1) is 0 Å². The number of unbranched alkanes of at least 4 members (excludes halogenated alkanes) is 1. The normalized spacial score (nSPS) is 11.6. The molecule has 0 bridgehead atoms. The summed E-state index contributed by atoms with van der Waals surface area (Å²) in [6, 6.07) is 8.15. The maximum absolute atomic E-state index is 12.7. The summed E-state index contributed by atoms with van der Waals surface area (Å²) in [7, 11) is 1.90. The summed E-state index contributed by atoms with van der Waals surface area (Å²) in [5, 5.41) is 0.0939. The molecule has 4 aromatic rings. The van der Waals surface area contributed by atoms with Gasteiger partial charge in [0.15, 0.2) is 16.7 Å². The molecule has 0 amide bonds. The number of rotatable bonds is 7. The summed E-state index contributed by atoms with van der Waals surface area (Å²) in [6.45, 7) is 3.22. The summed E-state index contributed by atoms with van der Waals surface area (Å²) < 4.78 is 8.43. The van der Waals surface area contributed by atoms with Crippen molar-refractivity contribution in [1.82, 2.24) is 24.1 Å². The van der Waals surface area contributed by atoms with Gasteiger partial charge in [-0.3, -0.25) is 13.9 Å². The number of para-hydroxylation sites is 2. The quantitative estimate of drug-likeness (QED) is 0.367. The van der Waals surface area contributed by atoms with Crippen LogP contribution in [0.15, 0.2) is 38.3 Å². The Kier molecular flexibility index (Phi) is 5.14. The van der Waals surface area contributed by atoms with Crippen LogP contribution in [0, 0.1) is 0 Å². The third-order valence-electron chi connectivity index (χ3n) is 4.88. The van der Waals surface area contributed by atoms with Crippen molar-refractivity contribution < 1.29 is 4.42 Å². The average Bonchev–Trinajstić information content (AvgIpc) is 3.31. The Morgan fingerprint density at radius 3 is 2.72 bits per heavy atom. The standard InChI is InChI=1S/C19H21ClN6O3/c1-3-25-15-14(22-17(20)23-15)16(27)26(19(25)28)11-7-6-10-24(2)18-21-12-8-4-5-9-13(12)29-18/h4-5,8-9H,3,6-7,10-11H2,1-2H3,(H,22,23). The fraction of sp³-hybridized carbons (Fsp3) is 0.368. The van der Waals surface area contributed by atoms with Crippen LogP contribution >= 0.6 is 11.6 Å². The molecule has 0 radical (unpaired) electrons. The van der Waals surface area contributed by atoms with Gasteiger partial charge in [0.05, 0.1) is 0 Å². The van der Waals surface area contributed by atoms with E-state index in [0.29, 0.717) is 37.7 Å². The Hall–Kier alpha value is -3.07. The lowest BCUT2D eigenvalue weighted by Crippen LogP contribution is -2.40. The van der Waals surface area contributed by atoms with E-state index in [2.05, 4.69) is 15.0 Å². The Bertz CT molecular complexity index is 1250. The van der Waals surface area contributed by atoms with Crippen LogP contribution in [0.1, 0.15) is 19.8 Å². The minimum absolute atomic E-state index is 0.0939. The van der Waals surface area contributed by atoms with Crippen LogP contribution < -0.4 is 16.1 Å². The smallest absolute Gasteiger partial charge is 0.332 e. The molecule has 1 N–H and O–H groups in total. The molecular weight excluding hydrogens is 396 g/mol. The van der Waals surface area contributed by atoms with E-state index >= 15 is 0 Å². The molecule has 0 aliphatic rings. The van der Waals surface area contributed by atoms with Crippen LogP contribution in [0.5, 0.6) is 0 Å². The van der Waals surface area contributed by atoms with Gasteiger partial charge in [-0.25, -0.2) is 4.79 Å². The number of H-pyrrole nitrogens is 1. The number of hydrogen-bond donors (Lipinski definition) is 1. The number of halogens is 1. The van der Waals surface area contributed by atoms with E-state index in [1.165, 1.54) is 9.13 Å². The summed E-state index contributed by atoms with van der Waals surface area (Å²) in [5.41, 5.74) is 1.32. The van der Waals surface area contributed by atoms with Crippen molar-refractivity contribution in [2.75, 3.05) is 18.5 Å². The minimum atomic E-state index is -0.401. The molecule has 29 heavy (non-hydrogen) atoms. The maximum atomic E-state index is 12.7. The van der Waals surface area contributed by atoms with E-state index in [-0.39, 0.29) is 16.5 Å². The molecule has 4 rings (SSSR count). The molecule has 152 valence electrons. The molecule has 0 aliphatic heterocycles. The fourth-order valence-corrected chi connectivity index (χ4v) is 3.53. The number of fused-ring (bicyclic) bond motifs is 2. The molecule has 0 aliphatic carbocycles. The molecule has 0 atom stereocenters. The molecule has 0 spiro atoms. The van der Waals surface area contributed by atoms with Gasteiger partial charge < -0.3 is 14.3 Å². The number of benzene rings is 1. The van der Waals surface area contributed by atoms with Crippen LogP contribution in [0.4, 0.5) is 6.01 Å². The summed E-state index contributed by atoms with van der Waals surface area (Å²) in [6.07, 6.45) is 1.41. The molecule has 0 fully saturated rings. The van der Waals surface area contributed by atoms with Crippen LogP contribution in [-0.4, -0.2) is 37.7 Å². The number of nitrogens with zero attached hydrogens (tertiary/aromatic N) is 5. The number of hydrogen-bond acceptors (Lipinski definition) is 6. The van der Waals surface area contributed by atoms with E-state index in [1.807, 2.05) is 43.1 Å². The third kappa shape index (κ3) is 3.53. The van der Waals surface area contributed by atoms with E-state index in [0.717, 1.165) is 17.5 Å². The van der Waals surface area contributed by atoms with E-state index in [1.54, 1.807) is 0 Å². The minimum Gasteiger partial charge on any atom is -0.423 e. The number of aromatic amines is 1. The summed E-state index contributed by atoms with van der Waals surface area (Å²) in [5.74, 6) is 0. The van der Waals surface area contributed by atoms with Crippen molar-refractivity contribution in [3.63, 3.8) is 0 Å². The number of oxazole rings is 1. The zero-order chi connectivity index (χ0) is 20.5. The van der Waals surface area contributed by atoms with Gasteiger partial charge >= 0.3 is 5.69 Å².